The zero-order valence-electron chi connectivity index (χ0n) is 14.5. The van der Waals surface area contributed by atoms with Crippen LogP contribution in [0.4, 0.5) is 5.69 Å². The van der Waals surface area contributed by atoms with Crippen molar-refractivity contribution in [1.29, 1.82) is 0 Å². The van der Waals surface area contributed by atoms with E-state index in [1.807, 2.05) is 24.3 Å². The number of fused-ring (bicyclic) bond motifs is 1. The number of rotatable bonds is 4. The summed E-state index contributed by atoms with van der Waals surface area (Å²) in [7, 11) is 0. The first-order chi connectivity index (χ1) is 12.2. The van der Waals surface area contributed by atoms with Crippen LogP contribution in [-0.4, -0.2) is 47.4 Å². The van der Waals surface area contributed by atoms with Crippen LogP contribution in [0.15, 0.2) is 36.5 Å². The Bertz CT molecular complexity index is 762. The molecule has 1 saturated heterocycles. The third kappa shape index (κ3) is 4.33. The van der Waals surface area contributed by atoms with E-state index in [1.165, 1.54) is 12.8 Å². The van der Waals surface area contributed by atoms with Gasteiger partial charge in [-0.05, 0) is 50.2 Å². The normalized spacial score (nSPS) is 18.0. The fourth-order valence-corrected chi connectivity index (χ4v) is 3.34. The molecule has 1 aromatic heterocycles. The molecule has 2 heterocycles. The largest absolute Gasteiger partial charge is 0.346 e. The van der Waals surface area contributed by atoms with Crippen LogP contribution in [0.1, 0.15) is 26.2 Å². The monoisotopic (exact) mass is 340 g/mol. The van der Waals surface area contributed by atoms with E-state index >= 15 is 0 Å². The highest BCUT2D eigenvalue weighted by Gasteiger charge is 2.22. The Morgan fingerprint density at radius 1 is 1.24 bits per heavy atom. The van der Waals surface area contributed by atoms with Crippen molar-refractivity contribution in [1.82, 2.24) is 15.2 Å². The van der Waals surface area contributed by atoms with Crippen LogP contribution in [0, 0.1) is 0 Å². The topological polar surface area (TPSA) is 74.3 Å². The Morgan fingerprint density at radius 3 is 2.96 bits per heavy atom. The fourth-order valence-electron chi connectivity index (χ4n) is 3.34. The number of hydrogen-bond acceptors (Lipinski definition) is 4. The average Bonchev–Trinajstić information content (AvgIpc) is 2.66. The first-order valence-electron chi connectivity index (χ1n) is 8.85. The lowest BCUT2D eigenvalue weighted by atomic mass is 10.0. The van der Waals surface area contributed by atoms with Crippen LogP contribution in [-0.2, 0) is 9.59 Å². The molecule has 3 rings (SSSR count). The average molecular weight is 340 g/mol. The highest BCUT2D eigenvalue weighted by Crippen LogP contribution is 2.17. The van der Waals surface area contributed by atoms with E-state index in [1.54, 1.807) is 12.3 Å². The maximum atomic E-state index is 12.1. The molecule has 2 N–H and O–H groups in total. The SMILES string of the molecule is CCN1CCCCC1CNC(=O)C(=O)Nc1ccc2ncccc2c1. The summed E-state index contributed by atoms with van der Waals surface area (Å²) in [4.78, 5) is 30.8. The second kappa shape index (κ2) is 8.07. The van der Waals surface area contributed by atoms with Crippen molar-refractivity contribution >= 4 is 28.4 Å². The molecule has 6 heteroatoms. The van der Waals surface area contributed by atoms with Crippen LogP contribution in [0.2, 0.25) is 0 Å². The third-order valence-corrected chi connectivity index (χ3v) is 4.72. The minimum Gasteiger partial charge on any atom is -0.346 e. The number of carbonyl (C=O) groups excluding carboxylic acids is 2. The number of anilines is 1. The van der Waals surface area contributed by atoms with E-state index in [0.717, 1.165) is 30.4 Å². The Kier molecular flexibility index (Phi) is 5.60. The van der Waals surface area contributed by atoms with Gasteiger partial charge in [-0.2, -0.15) is 0 Å². The van der Waals surface area contributed by atoms with Crippen molar-refractivity contribution in [2.75, 3.05) is 25.0 Å². The highest BCUT2D eigenvalue weighted by molar-refractivity contribution is 6.39. The molecular formula is C19H24N4O2. The van der Waals surface area contributed by atoms with Gasteiger partial charge in [-0.1, -0.05) is 19.4 Å². The molecule has 132 valence electrons. The van der Waals surface area contributed by atoms with E-state index in [4.69, 9.17) is 0 Å². The van der Waals surface area contributed by atoms with E-state index in [2.05, 4.69) is 27.4 Å². The summed E-state index contributed by atoms with van der Waals surface area (Å²) in [6, 6.07) is 9.46. The number of likely N-dealkylation sites (tertiary alicyclic amines) is 1. The molecule has 0 radical (unpaired) electrons. The van der Waals surface area contributed by atoms with Crippen molar-refractivity contribution in [3.8, 4) is 0 Å². The molecule has 2 aromatic rings. The van der Waals surface area contributed by atoms with E-state index < -0.39 is 11.8 Å². The summed E-state index contributed by atoms with van der Waals surface area (Å²) in [5.74, 6) is -1.23. The lowest BCUT2D eigenvalue weighted by Gasteiger charge is -2.34. The summed E-state index contributed by atoms with van der Waals surface area (Å²) >= 11 is 0. The van der Waals surface area contributed by atoms with E-state index in [0.29, 0.717) is 18.3 Å². The quantitative estimate of drug-likeness (QED) is 0.837. The fraction of sp³-hybridized carbons (Fsp3) is 0.421. The molecule has 2 amide bonds. The van der Waals surface area contributed by atoms with Gasteiger partial charge in [0.1, 0.15) is 0 Å². The summed E-state index contributed by atoms with van der Waals surface area (Å²) in [6.07, 6.45) is 5.16. The third-order valence-electron chi connectivity index (χ3n) is 4.72. The number of nitrogens with zero attached hydrogens (tertiary/aromatic N) is 2. The molecule has 1 aliphatic heterocycles. The number of carbonyl (C=O) groups is 2. The lowest BCUT2D eigenvalue weighted by Crippen LogP contribution is -2.48. The van der Waals surface area contributed by atoms with Gasteiger partial charge in [0, 0.05) is 29.9 Å². The molecule has 1 aromatic carbocycles. The first kappa shape index (κ1) is 17.4. The summed E-state index contributed by atoms with van der Waals surface area (Å²) in [6.45, 7) is 4.68. The van der Waals surface area contributed by atoms with E-state index in [9.17, 15) is 9.59 Å². The van der Waals surface area contributed by atoms with Gasteiger partial charge >= 0.3 is 11.8 Å². The predicted molar refractivity (Wildman–Crippen MR) is 98.3 cm³/mol. The summed E-state index contributed by atoms with van der Waals surface area (Å²) in [5.41, 5.74) is 1.44. The number of nitrogens with one attached hydrogen (secondary N) is 2. The van der Waals surface area contributed by atoms with Crippen LogP contribution in [0.5, 0.6) is 0 Å². The smallest absolute Gasteiger partial charge is 0.313 e. The number of aromatic nitrogens is 1. The van der Waals surface area contributed by atoms with Crippen LogP contribution >= 0.6 is 0 Å². The van der Waals surface area contributed by atoms with Gasteiger partial charge in [-0.3, -0.25) is 19.5 Å². The Morgan fingerprint density at radius 2 is 2.12 bits per heavy atom. The van der Waals surface area contributed by atoms with E-state index in [-0.39, 0.29) is 0 Å². The zero-order chi connectivity index (χ0) is 17.6. The second-order valence-electron chi connectivity index (χ2n) is 6.35. The maximum Gasteiger partial charge on any atom is 0.313 e. The predicted octanol–water partition coefficient (Wildman–Crippen LogP) is 2.16. The maximum absolute atomic E-state index is 12.1. The zero-order valence-corrected chi connectivity index (χ0v) is 14.5. The summed E-state index contributed by atoms with van der Waals surface area (Å²) < 4.78 is 0. The molecule has 6 nitrogen and oxygen atoms in total. The Balaban J connectivity index is 1.55. The molecule has 25 heavy (non-hydrogen) atoms. The van der Waals surface area contributed by atoms with Crippen molar-refractivity contribution in [3.63, 3.8) is 0 Å². The number of benzene rings is 1. The molecule has 1 aliphatic rings. The van der Waals surface area contributed by atoms with Gasteiger partial charge in [0.05, 0.1) is 5.52 Å². The van der Waals surface area contributed by atoms with Crippen molar-refractivity contribution in [3.05, 3.63) is 36.5 Å². The molecule has 0 bridgehead atoms. The number of pyridine rings is 1. The molecule has 1 fully saturated rings. The second-order valence-corrected chi connectivity index (χ2v) is 6.35. The van der Waals surface area contributed by atoms with Gasteiger partial charge in [0.15, 0.2) is 0 Å². The van der Waals surface area contributed by atoms with Gasteiger partial charge in [-0.25, -0.2) is 0 Å². The molecular weight excluding hydrogens is 316 g/mol. The molecule has 0 saturated carbocycles. The minimum atomic E-state index is -0.637. The van der Waals surface area contributed by atoms with Crippen LogP contribution in [0.25, 0.3) is 10.9 Å². The van der Waals surface area contributed by atoms with Crippen molar-refractivity contribution in [2.24, 2.45) is 0 Å². The number of likely N-dealkylation sites (N-methyl/N-ethyl adjacent to an activating group) is 1. The van der Waals surface area contributed by atoms with Gasteiger partial charge in [0.25, 0.3) is 0 Å². The molecule has 1 atom stereocenters. The standard InChI is InChI=1S/C19H24N4O2/c1-2-23-11-4-3-7-16(23)13-21-18(24)19(25)22-15-8-9-17-14(12-15)6-5-10-20-17/h5-6,8-10,12,16H,2-4,7,11,13H2,1H3,(H,21,24)(H,22,25). The number of hydrogen-bond donors (Lipinski definition) is 2. The first-order valence-corrected chi connectivity index (χ1v) is 8.85. The highest BCUT2D eigenvalue weighted by atomic mass is 16.2. The van der Waals surface area contributed by atoms with Crippen molar-refractivity contribution in [2.45, 2.75) is 32.2 Å². The molecule has 1 unspecified atom stereocenters. The van der Waals surface area contributed by atoms with Crippen molar-refractivity contribution < 1.29 is 9.59 Å². The lowest BCUT2D eigenvalue weighted by molar-refractivity contribution is -0.136. The summed E-state index contributed by atoms with van der Waals surface area (Å²) in [5, 5.41) is 6.34. The molecule has 0 aliphatic carbocycles. The van der Waals surface area contributed by atoms with Gasteiger partial charge < -0.3 is 10.6 Å². The van der Waals surface area contributed by atoms with Gasteiger partial charge in [-0.15, -0.1) is 0 Å². The van der Waals surface area contributed by atoms with Crippen LogP contribution in [0.3, 0.4) is 0 Å². The Labute approximate surface area is 147 Å². The molecule has 0 spiro atoms. The van der Waals surface area contributed by atoms with Crippen LogP contribution < -0.4 is 10.6 Å². The van der Waals surface area contributed by atoms with Gasteiger partial charge in [0.2, 0.25) is 0 Å². The minimum absolute atomic E-state index is 0.322. The number of piperidine rings is 1. The number of amides is 2. The Hall–Kier alpha value is -2.47.